The van der Waals surface area contributed by atoms with E-state index in [9.17, 15) is 9.50 Å². The van der Waals surface area contributed by atoms with Crippen LogP contribution in [-0.2, 0) is 0 Å². The van der Waals surface area contributed by atoms with E-state index >= 15 is 0 Å². The van der Waals surface area contributed by atoms with Crippen molar-refractivity contribution in [1.82, 2.24) is 9.88 Å². The summed E-state index contributed by atoms with van der Waals surface area (Å²) in [7, 11) is 0. The van der Waals surface area contributed by atoms with Crippen LogP contribution in [0, 0.1) is 11.7 Å². The molecule has 5 heteroatoms. The Morgan fingerprint density at radius 3 is 2.55 bits per heavy atom. The lowest BCUT2D eigenvalue weighted by Gasteiger charge is -2.31. The molecule has 4 nitrogen and oxygen atoms in total. The lowest BCUT2D eigenvalue weighted by atomic mass is 9.98. The summed E-state index contributed by atoms with van der Waals surface area (Å²) in [6.07, 6.45) is 1.19. The van der Waals surface area contributed by atoms with Gasteiger partial charge in [0.2, 0.25) is 0 Å². The van der Waals surface area contributed by atoms with Gasteiger partial charge in [-0.3, -0.25) is 4.98 Å². The van der Waals surface area contributed by atoms with Crippen LogP contribution in [-0.4, -0.2) is 40.2 Å². The fraction of sp³-hybridized carbons (Fsp3) is 0.667. The maximum absolute atomic E-state index is 12.9. The van der Waals surface area contributed by atoms with E-state index in [1.807, 2.05) is 6.92 Å². The van der Waals surface area contributed by atoms with E-state index < -0.39 is 5.60 Å². The van der Waals surface area contributed by atoms with Gasteiger partial charge < -0.3 is 15.7 Å². The van der Waals surface area contributed by atoms with Gasteiger partial charge in [0, 0.05) is 13.1 Å². The van der Waals surface area contributed by atoms with E-state index in [2.05, 4.69) is 16.8 Å². The molecule has 1 rings (SSSR count). The number of likely N-dealkylation sites (N-methyl/N-ethyl adjacent to an activating group) is 1. The van der Waals surface area contributed by atoms with E-state index in [0.29, 0.717) is 12.2 Å². The quantitative estimate of drug-likeness (QED) is 0.803. The van der Waals surface area contributed by atoms with E-state index in [1.54, 1.807) is 19.9 Å². The standard InChI is InChI=1S/C15H26FN3O/c1-5-19(10-15(3,4)20)9-11(2)14(17)13-7-6-12(16)8-18-13/h6-8,11,14,20H,5,9-10,17H2,1-4H3. The van der Waals surface area contributed by atoms with Crippen molar-refractivity contribution < 1.29 is 9.50 Å². The number of aliphatic hydroxyl groups is 1. The molecular formula is C15H26FN3O. The summed E-state index contributed by atoms with van der Waals surface area (Å²) in [6.45, 7) is 9.89. The lowest BCUT2D eigenvalue weighted by molar-refractivity contribution is 0.0323. The zero-order valence-electron chi connectivity index (χ0n) is 12.8. The Kier molecular flexibility index (Phi) is 6.05. The highest BCUT2D eigenvalue weighted by molar-refractivity contribution is 5.10. The Balaban J connectivity index is 2.64. The number of hydrogen-bond acceptors (Lipinski definition) is 4. The minimum Gasteiger partial charge on any atom is -0.389 e. The van der Waals surface area contributed by atoms with Gasteiger partial charge in [-0.25, -0.2) is 4.39 Å². The molecule has 0 bridgehead atoms. The van der Waals surface area contributed by atoms with Crippen LogP contribution in [0.4, 0.5) is 4.39 Å². The summed E-state index contributed by atoms with van der Waals surface area (Å²) < 4.78 is 12.9. The molecule has 3 N–H and O–H groups in total. The molecule has 0 aliphatic rings. The van der Waals surface area contributed by atoms with Crippen LogP contribution >= 0.6 is 0 Å². The second-order valence-electron chi connectivity index (χ2n) is 6.04. The molecule has 0 aromatic carbocycles. The number of nitrogens with two attached hydrogens (primary N) is 1. The summed E-state index contributed by atoms with van der Waals surface area (Å²) in [5, 5.41) is 9.89. The highest BCUT2D eigenvalue weighted by atomic mass is 19.1. The maximum atomic E-state index is 12.9. The minimum absolute atomic E-state index is 0.162. The summed E-state index contributed by atoms with van der Waals surface area (Å²) in [5.41, 5.74) is 6.15. The van der Waals surface area contributed by atoms with Crippen LogP contribution in [0.15, 0.2) is 18.3 Å². The molecule has 114 valence electrons. The van der Waals surface area contributed by atoms with Crippen LogP contribution in [0.1, 0.15) is 39.4 Å². The van der Waals surface area contributed by atoms with Crippen LogP contribution in [0.25, 0.3) is 0 Å². The second kappa shape index (κ2) is 7.11. The first kappa shape index (κ1) is 17.0. The first-order valence-electron chi connectivity index (χ1n) is 7.04. The van der Waals surface area contributed by atoms with Gasteiger partial charge in [-0.05, 0) is 38.4 Å². The molecule has 1 aromatic rings. The maximum Gasteiger partial charge on any atom is 0.141 e. The Bertz CT molecular complexity index is 403. The summed E-state index contributed by atoms with van der Waals surface area (Å²) in [5.74, 6) is -0.193. The molecule has 0 aliphatic heterocycles. The predicted octanol–water partition coefficient (Wildman–Crippen LogP) is 1.95. The summed E-state index contributed by atoms with van der Waals surface area (Å²) >= 11 is 0. The highest BCUT2D eigenvalue weighted by Gasteiger charge is 2.22. The van der Waals surface area contributed by atoms with Crippen molar-refractivity contribution in [2.24, 2.45) is 11.7 Å². The van der Waals surface area contributed by atoms with Gasteiger partial charge in [0.05, 0.1) is 23.5 Å². The Hall–Kier alpha value is -1.04. The molecule has 0 fully saturated rings. The molecule has 20 heavy (non-hydrogen) atoms. The van der Waals surface area contributed by atoms with Crippen molar-refractivity contribution >= 4 is 0 Å². The third kappa shape index (κ3) is 5.53. The zero-order valence-corrected chi connectivity index (χ0v) is 12.8. The molecule has 0 aliphatic carbocycles. The third-order valence-electron chi connectivity index (χ3n) is 3.31. The number of nitrogens with zero attached hydrogens (tertiary/aromatic N) is 2. The average molecular weight is 283 g/mol. The average Bonchev–Trinajstić information content (AvgIpc) is 2.36. The first-order valence-corrected chi connectivity index (χ1v) is 7.04. The second-order valence-corrected chi connectivity index (χ2v) is 6.04. The van der Waals surface area contributed by atoms with Crippen LogP contribution < -0.4 is 5.73 Å². The normalized spacial score (nSPS) is 15.4. The number of hydrogen-bond donors (Lipinski definition) is 2. The molecule has 2 unspecified atom stereocenters. The summed E-state index contributed by atoms with van der Waals surface area (Å²) in [6, 6.07) is 2.76. The molecule has 1 heterocycles. The fourth-order valence-electron chi connectivity index (χ4n) is 2.25. The van der Waals surface area contributed by atoms with Crippen LogP contribution in [0.2, 0.25) is 0 Å². The zero-order chi connectivity index (χ0) is 15.3. The largest absolute Gasteiger partial charge is 0.389 e. The van der Waals surface area contributed by atoms with Crippen LogP contribution in [0.3, 0.4) is 0 Å². The van der Waals surface area contributed by atoms with Gasteiger partial charge in [-0.2, -0.15) is 0 Å². The molecule has 0 saturated carbocycles. The van der Waals surface area contributed by atoms with Gasteiger partial charge >= 0.3 is 0 Å². The van der Waals surface area contributed by atoms with E-state index in [0.717, 1.165) is 13.1 Å². The summed E-state index contributed by atoms with van der Waals surface area (Å²) in [4.78, 5) is 6.20. The van der Waals surface area contributed by atoms with Gasteiger partial charge in [0.15, 0.2) is 0 Å². The predicted molar refractivity (Wildman–Crippen MR) is 78.7 cm³/mol. The Morgan fingerprint density at radius 1 is 1.45 bits per heavy atom. The molecule has 1 aromatic heterocycles. The molecule has 2 atom stereocenters. The SMILES string of the molecule is CCN(CC(C)C(N)c1ccc(F)cn1)CC(C)(C)O. The minimum atomic E-state index is -0.728. The van der Waals surface area contributed by atoms with Crippen molar-refractivity contribution in [1.29, 1.82) is 0 Å². The number of halogens is 1. The number of aromatic nitrogens is 1. The molecule has 0 spiro atoms. The molecule has 0 amide bonds. The van der Waals surface area contributed by atoms with E-state index in [4.69, 9.17) is 5.73 Å². The van der Waals surface area contributed by atoms with Crippen molar-refractivity contribution in [3.05, 3.63) is 29.8 Å². The lowest BCUT2D eigenvalue weighted by Crippen LogP contribution is -2.42. The van der Waals surface area contributed by atoms with E-state index in [-0.39, 0.29) is 17.8 Å². The molecular weight excluding hydrogens is 257 g/mol. The topological polar surface area (TPSA) is 62.4 Å². The fourth-order valence-corrected chi connectivity index (χ4v) is 2.25. The first-order chi connectivity index (χ1) is 9.23. The van der Waals surface area contributed by atoms with Crippen molar-refractivity contribution in [3.8, 4) is 0 Å². The Labute approximate surface area is 120 Å². The molecule has 0 radical (unpaired) electrons. The van der Waals surface area contributed by atoms with Crippen LogP contribution in [0.5, 0.6) is 0 Å². The smallest absolute Gasteiger partial charge is 0.141 e. The van der Waals surface area contributed by atoms with Crippen molar-refractivity contribution in [2.45, 2.75) is 39.3 Å². The number of pyridine rings is 1. The molecule has 0 saturated heterocycles. The number of rotatable bonds is 7. The van der Waals surface area contributed by atoms with Gasteiger partial charge in [-0.15, -0.1) is 0 Å². The van der Waals surface area contributed by atoms with Gasteiger partial charge in [-0.1, -0.05) is 13.8 Å². The van der Waals surface area contributed by atoms with Crippen molar-refractivity contribution in [3.63, 3.8) is 0 Å². The monoisotopic (exact) mass is 283 g/mol. The highest BCUT2D eigenvalue weighted by Crippen LogP contribution is 2.19. The van der Waals surface area contributed by atoms with E-state index in [1.165, 1.54) is 12.3 Å². The Morgan fingerprint density at radius 2 is 2.10 bits per heavy atom. The van der Waals surface area contributed by atoms with Gasteiger partial charge in [0.1, 0.15) is 5.82 Å². The van der Waals surface area contributed by atoms with Crippen molar-refractivity contribution in [2.75, 3.05) is 19.6 Å². The third-order valence-corrected chi connectivity index (χ3v) is 3.31. The van der Waals surface area contributed by atoms with Gasteiger partial charge in [0.25, 0.3) is 0 Å².